The third kappa shape index (κ3) is 2.17. The highest BCUT2D eigenvalue weighted by Gasteiger charge is 1.94. The van der Waals surface area contributed by atoms with E-state index >= 15 is 0 Å². The molecule has 0 rings (SSSR count). The number of nitrogens with zero attached hydrogens (tertiary/aromatic N) is 1. The smallest absolute Gasteiger partial charge is 0.0712 e. The maximum atomic E-state index is 5.49. The molecule has 0 amide bonds. The Morgan fingerprint density at radius 3 is 1.78 bits per heavy atom. The van der Waals surface area contributed by atoms with E-state index in [1.165, 1.54) is 0 Å². The lowest BCUT2D eigenvalue weighted by Gasteiger charge is -2.00. The van der Waals surface area contributed by atoms with Gasteiger partial charge in [-0.3, -0.25) is 4.99 Å². The van der Waals surface area contributed by atoms with E-state index < -0.39 is 0 Å². The van der Waals surface area contributed by atoms with Gasteiger partial charge >= 0.3 is 0 Å². The van der Waals surface area contributed by atoms with Crippen molar-refractivity contribution in [1.29, 1.82) is 0 Å². The van der Waals surface area contributed by atoms with E-state index in [9.17, 15) is 0 Å². The van der Waals surface area contributed by atoms with Crippen LogP contribution in [0.25, 0.3) is 0 Å². The SMILES string of the molecule is CN=C(C)/C(N)=C(/C)N. The molecule has 0 saturated heterocycles. The van der Waals surface area contributed by atoms with Crippen molar-refractivity contribution in [3.8, 4) is 0 Å². The van der Waals surface area contributed by atoms with Crippen molar-refractivity contribution in [1.82, 2.24) is 0 Å². The summed E-state index contributed by atoms with van der Waals surface area (Å²) >= 11 is 0. The van der Waals surface area contributed by atoms with Gasteiger partial charge in [0.1, 0.15) is 0 Å². The summed E-state index contributed by atoms with van der Waals surface area (Å²) in [5.74, 6) is 0. The highest BCUT2D eigenvalue weighted by atomic mass is 14.8. The van der Waals surface area contributed by atoms with E-state index in [2.05, 4.69) is 4.99 Å². The predicted molar refractivity (Wildman–Crippen MR) is 40.1 cm³/mol. The topological polar surface area (TPSA) is 64.4 Å². The Bertz CT molecular complexity index is 152. The van der Waals surface area contributed by atoms with Crippen LogP contribution in [0.4, 0.5) is 0 Å². The van der Waals surface area contributed by atoms with Gasteiger partial charge in [0.05, 0.1) is 11.4 Å². The molecule has 0 aromatic heterocycles. The van der Waals surface area contributed by atoms with E-state index in [0.717, 1.165) is 5.71 Å². The first-order chi connectivity index (χ1) is 4.09. The number of rotatable bonds is 1. The first-order valence-electron chi connectivity index (χ1n) is 2.75. The maximum Gasteiger partial charge on any atom is 0.0712 e. The van der Waals surface area contributed by atoms with Gasteiger partial charge < -0.3 is 11.5 Å². The van der Waals surface area contributed by atoms with Gasteiger partial charge in [0.25, 0.3) is 0 Å². The zero-order chi connectivity index (χ0) is 7.44. The van der Waals surface area contributed by atoms with Crippen molar-refractivity contribution in [3.05, 3.63) is 11.4 Å². The molecular formula is C6H13N3. The van der Waals surface area contributed by atoms with E-state index in [1.54, 1.807) is 14.0 Å². The van der Waals surface area contributed by atoms with Gasteiger partial charge in [0, 0.05) is 12.7 Å². The lowest BCUT2D eigenvalue weighted by Crippen LogP contribution is -2.14. The molecule has 0 aromatic carbocycles. The van der Waals surface area contributed by atoms with E-state index in [1.807, 2.05) is 6.92 Å². The molecule has 3 heteroatoms. The molecule has 0 aliphatic rings. The lowest BCUT2D eigenvalue weighted by molar-refractivity contribution is 1.21. The molecule has 0 heterocycles. The third-order valence-corrected chi connectivity index (χ3v) is 1.15. The summed E-state index contributed by atoms with van der Waals surface area (Å²) in [5, 5.41) is 0. The summed E-state index contributed by atoms with van der Waals surface area (Å²) in [6.45, 7) is 3.58. The maximum absolute atomic E-state index is 5.49. The monoisotopic (exact) mass is 127 g/mol. The van der Waals surface area contributed by atoms with E-state index in [4.69, 9.17) is 11.5 Å². The van der Waals surface area contributed by atoms with Crippen LogP contribution in [0.2, 0.25) is 0 Å². The number of aliphatic imine (C=N–C) groups is 1. The van der Waals surface area contributed by atoms with Crippen LogP contribution >= 0.6 is 0 Å². The fourth-order valence-corrected chi connectivity index (χ4v) is 0.406. The fourth-order valence-electron chi connectivity index (χ4n) is 0.406. The molecule has 9 heavy (non-hydrogen) atoms. The Balaban J connectivity index is 4.40. The highest BCUT2D eigenvalue weighted by Crippen LogP contribution is 1.91. The Morgan fingerprint density at radius 1 is 1.22 bits per heavy atom. The largest absolute Gasteiger partial charge is 0.401 e. The number of hydrogen-bond donors (Lipinski definition) is 2. The first kappa shape index (κ1) is 8.01. The Hall–Kier alpha value is -0.990. The summed E-state index contributed by atoms with van der Waals surface area (Å²) in [6, 6.07) is 0. The molecule has 0 atom stereocenters. The molecule has 4 N–H and O–H groups in total. The predicted octanol–water partition coefficient (Wildman–Crippen LogP) is 0.226. The molecule has 0 aliphatic carbocycles. The standard InChI is InChI=1S/C6H13N3/c1-4(7)6(8)5(2)9-3/h7-8H2,1-3H3/b6-4+,9-5?. The lowest BCUT2D eigenvalue weighted by atomic mass is 10.2. The van der Waals surface area contributed by atoms with Crippen LogP contribution in [-0.2, 0) is 0 Å². The molecule has 0 unspecified atom stereocenters. The molecule has 52 valence electrons. The zero-order valence-corrected chi connectivity index (χ0v) is 6.10. The van der Waals surface area contributed by atoms with Gasteiger partial charge in [-0.2, -0.15) is 0 Å². The van der Waals surface area contributed by atoms with E-state index in [-0.39, 0.29) is 0 Å². The summed E-state index contributed by atoms with van der Waals surface area (Å²) in [5.41, 5.74) is 12.9. The summed E-state index contributed by atoms with van der Waals surface area (Å²) in [6.07, 6.45) is 0. The molecule has 0 saturated carbocycles. The average Bonchev–Trinajstić information content (AvgIpc) is 1.84. The summed E-state index contributed by atoms with van der Waals surface area (Å²) in [4.78, 5) is 3.86. The Labute approximate surface area is 55.4 Å². The van der Waals surface area contributed by atoms with Gasteiger partial charge in [0.15, 0.2) is 0 Å². The van der Waals surface area contributed by atoms with Crippen LogP contribution in [0.15, 0.2) is 16.4 Å². The van der Waals surface area contributed by atoms with Gasteiger partial charge in [-0.05, 0) is 13.8 Å². The second-order valence-electron chi connectivity index (χ2n) is 1.91. The Morgan fingerprint density at radius 2 is 1.67 bits per heavy atom. The number of allylic oxidation sites excluding steroid dienone is 2. The minimum absolute atomic E-state index is 0.581. The number of nitrogens with two attached hydrogens (primary N) is 2. The molecule has 0 aromatic rings. The minimum atomic E-state index is 0.581. The van der Waals surface area contributed by atoms with Crippen LogP contribution in [0, 0.1) is 0 Å². The summed E-state index contributed by atoms with van der Waals surface area (Å²) < 4.78 is 0. The molecule has 0 radical (unpaired) electrons. The number of hydrogen-bond acceptors (Lipinski definition) is 3. The molecule has 0 bridgehead atoms. The molecule has 3 nitrogen and oxygen atoms in total. The third-order valence-electron chi connectivity index (χ3n) is 1.15. The van der Waals surface area contributed by atoms with Crippen molar-refractivity contribution < 1.29 is 0 Å². The van der Waals surface area contributed by atoms with Crippen molar-refractivity contribution in [2.24, 2.45) is 16.5 Å². The highest BCUT2D eigenvalue weighted by molar-refractivity contribution is 5.97. The van der Waals surface area contributed by atoms with Gasteiger partial charge in [0.2, 0.25) is 0 Å². The Kier molecular flexibility index (Phi) is 2.78. The van der Waals surface area contributed by atoms with Crippen molar-refractivity contribution in [3.63, 3.8) is 0 Å². The molecule has 0 spiro atoms. The molecule has 0 fully saturated rings. The zero-order valence-electron chi connectivity index (χ0n) is 6.10. The summed E-state index contributed by atoms with van der Waals surface area (Å²) in [7, 11) is 1.69. The van der Waals surface area contributed by atoms with Crippen molar-refractivity contribution in [2.45, 2.75) is 13.8 Å². The van der Waals surface area contributed by atoms with Crippen LogP contribution in [0.1, 0.15) is 13.8 Å². The average molecular weight is 127 g/mol. The normalized spacial score (nSPS) is 15.2. The van der Waals surface area contributed by atoms with Crippen LogP contribution < -0.4 is 11.5 Å². The van der Waals surface area contributed by atoms with Crippen molar-refractivity contribution >= 4 is 5.71 Å². The van der Waals surface area contributed by atoms with Crippen molar-refractivity contribution in [2.75, 3.05) is 7.05 Å². The molecule has 0 aliphatic heterocycles. The van der Waals surface area contributed by atoms with Crippen LogP contribution in [0.3, 0.4) is 0 Å². The molecular weight excluding hydrogens is 114 g/mol. The second-order valence-corrected chi connectivity index (χ2v) is 1.91. The second kappa shape index (κ2) is 3.12. The van der Waals surface area contributed by atoms with Gasteiger partial charge in [-0.15, -0.1) is 0 Å². The first-order valence-corrected chi connectivity index (χ1v) is 2.75. The minimum Gasteiger partial charge on any atom is -0.401 e. The van der Waals surface area contributed by atoms with Crippen LogP contribution in [-0.4, -0.2) is 12.8 Å². The van der Waals surface area contributed by atoms with Crippen LogP contribution in [0.5, 0.6) is 0 Å². The van der Waals surface area contributed by atoms with Gasteiger partial charge in [-0.1, -0.05) is 0 Å². The van der Waals surface area contributed by atoms with Gasteiger partial charge in [-0.25, -0.2) is 0 Å². The quantitative estimate of drug-likeness (QED) is 0.495. The van der Waals surface area contributed by atoms with E-state index in [0.29, 0.717) is 11.4 Å². The fraction of sp³-hybridized carbons (Fsp3) is 0.500.